The molecule has 0 atom stereocenters. The number of carbonyl (C=O) groups excluding carboxylic acids is 1. The highest BCUT2D eigenvalue weighted by Crippen LogP contribution is 2.44. The Hall–Kier alpha value is -1.77. The van der Waals surface area contributed by atoms with Crippen LogP contribution in [0.3, 0.4) is 0 Å². The van der Waals surface area contributed by atoms with Gasteiger partial charge in [0.2, 0.25) is 5.91 Å². The van der Waals surface area contributed by atoms with Crippen LogP contribution in [0.15, 0.2) is 36.4 Å². The van der Waals surface area contributed by atoms with E-state index in [1.807, 2.05) is 0 Å². The third-order valence-corrected chi connectivity index (χ3v) is 7.94. The zero-order valence-electron chi connectivity index (χ0n) is 20.5. The van der Waals surface area contributed by atoms with Gasteiger partial charge in [-0.1, -0.05) is 64.2 Å². The molecule has 0 radical (unpaired) electrons. The second kappa shape index (κ2) is 13.1. The van der Waals surface area contributed by atoms with Crippen LogP contribution in [0.1, 0.15) is 102 Å². The molecule has 178 valence electrons. The second-order valence-corrected chi connectivity index (χ2v) is 10.3. The maximum atomic E-state index is 11.5. The quantitative estimate of drug-likeness (QED) is 0.288. The van der Waals surface area contributed by atoms with Gasteiger partial charge in [0.1, 0.15) is 12.4 Å². The molecule has 3 nitrogen and oxygen atoms in total. The number of carbonyl (C=O) groups is 1. The molecule has 2 fully saturated rings. The van der Waals surface area contributed by atoms with Crippen molar-refractivity contribution >= 4 is 5.91 Å². The van der Waals surface area contributed by atoms with Crippen LogP contribution >= 0.6 is 0 Å². The number of amides is 1. The number of ether oxygens (including phenoxy) is 1. The van der Waals surface area contributed by atoms with E-state index in [9.17, 15) is 4.79 Å². The van der Waals surface area contributed by atoms with Crippen molar-refractivity contribution in [2.24, 2.45) is 17.8 Å². The molecule has 1 aromatic rings. The van der Waals surface area contributed by atoms with E-state index in [1.165, 1.54) is 82.6 Å². The molecular weight excluding hydrogens is 394 g/mol. The van der Waals surface area contributed by atoms with Gasteiger partial charge in [-0.3, -0.25) is 4.79 Å². The topological polar surface area (TPSA) is 38.3 Å². The average Bonchev–Trinajstić information content (AvgIpc) is 2.83. The molecular formula is C29H45NO2. The molecule has 0 saturated heterocycles. The molecule has 2 aliphatic carbocycles. The third-order valence-electron chi connectivity index (χ3n) is 7.94. The SMILES string of the molecule is C=C(C)C(=O)NCCOc1ccc(C2CCC(C3CCC(CCCCC)CC3)CC2)cc1. The first-order chi connectivity index (χ1) is 15.6. The molecule has 0 bridgehead atoms. The van der Waals surface area contributed by atoms with Crippen molar-refractivity contribution in [2.75, 3.05) is 13.2 Å². The van der Waals surface area contributed by atoms with Gasteiger partial charge < -0.3 is 10.1 Å². The molecule has 0 aliphatic heterocycles. The van der Waals surface area contributed by atoms with Crippen LogP contribution in [0.2, 0.25) is 0 Å². The van der Waals surface area contributed by atoms with Gasteiger partial charge in [0.05, 0.1) is 6.54 Å². The summed E-state index contributed by atoms with van der Waals surface area (Å²) in [6, 6.07) is 8.66. The summed E-state index contributed by atoms with van der Waals surface area (Å²) in [5, 5.41) is 2.80. The Morgan fingerprint density at radius 2 is 1.59 bits per heavy atom. The maximum absolute atomic E-state index is 11.5. The Bertz CT molecular complexity index is 694. The van der Waals surface area contributed by atoms with E-state index in [0.29, 0.717) is 24.6 Å². The molecule has 3 heteroatoms. The summed E-state index contributed by atoms with van der Waals surface area (Å²) in [5.41, 5.74) is 1.99. The highest BCUT2D eigenvalue weighted by molar-refractivity contribution is 5.92. The standard InChI is InChI=1S/C29H45NO2/c1-4-5-6-7-23-8-10-24(11-9-23)25-12-14-26(15-13-25)27-16-18-28(19-17-27)32-21-20-30-29(31)22(2)3/h16-19,23-26H,2,4-15,20-21H2,1,3H3,(H,30,31). The first kappa shape index (κ1) is 24.9. The molecule has 32 heavy (non-hydrogen) atoms. The van der Waals surface area contributed by atoms with E-state index in [2.05, 4.69) is 43.1 Å². The molecule has 2 aliphatic rings. The van der Waals surface area contributed by atoms with Crippen molar-refractivity contribution in [3.8, 4) is 5.75 Å². The van der Waals surface area contributed by atoms with Gasteiger partial charge in [-0.2, -0.15) is 0 Å². The van der Waals surface area contributed by atoms with Gasteiger partial charge in [-0.05, 0) is 86.8 Å². The first-order valence-corrected chi connectivity index (χ1v) is 13.2. The number of nitrogens with one attached hydrogen (secondary N) is 1. The van der Waals surface area contributed by atoms with E-state index in [0.717, 1.165) is 23.5 Å². The van der Waals surface area contributed by atoms with Crippen LogP contribution in [-0.2, 0) is 4.79 Å². The van der Waals surface area contributed by atoms with E-state index < -0.39 is 0 Å². The van der Waals surface area contributed by atoms with Crippen LogP contribution in [0.25, 0.3) is 0 Å². The Morgan fingerprint density at radius 3 is 2.19 bits per heavy atom. The van der Waals surface area contributed by atoms with Crippen LogP contribution < -0.4 is 10.1 Å². The second-order valence-electron chi connectivity index (χ2n) is 10.3. The van der Waals surface area contributed by atoms with Crippen molar-refractivity contribution < 1.29 is 9.53 Å². The van der Waals surface area contributed by atoms with Crippen LogP contribution in [0.4, 0.5) is 0 Å². The van der Waals surface area contributed by atoms with Crippen LogP contribution in [-0.4, -0.2) is 19.1 Å². The predicted octanol–water partition coefficient (Wildman–Crippen LogP) is 7.42. The molecule has 0 unspecified atom stereocenters. The molecule has 1 N–H and O–H groups in total. The molecule has 0 spiro atoms. The van der Waals surface area contributed by atoms with Gasteiger partial charge in [0, 0.05) is 5.57 Å². The molecule has 1 amide bonds. The summed E-state index contributed by atoms with van der Waals surface area (Å²) in [6.45, 7) is 8.64. The highest BCUT2D eigenvalue weighted by atomic mass is 16.5. The van der Waals surface area contributed by atoms with Crippen LogP contribution in [0.5, 0.6) is 5.75 Å². The third kappa shape index (κ3) is 7.67. The summed E-state index contributed by atoms with van der Waals surface area (Å²) in [5.74, 6) is 4.47. The summed E-state index contributed by atoms with van der Waals surface area (Å²) >= 11 is 0. The number of unbranched alkanes of at least 4 members (excludes halogenated alkanes) is 2. The number of hydrogen-bond donors (Lipinski definition) is 1. The fourth-order valence-corrected chi connectivity index (χ4v) is 5.88. The minimum Gasteiger partial charge on any atom is -0.492 e. The summed E-state index contributed by atoms with van der Waals surface area (Å²) < 4.78 is 5.77. The minimum atomic E-state index is -0.112. The largest absolute Gasteiger partial charge is 0.492 e. The van der Waals surface area contributed by atoms with Crippen molar-refractivity contribution in [3.05, 3.63) is 42.0 Å². The Kier molecular flexibility index (Phi) is 10.1. The van der Waals surface area contributed by atoms with E-state index in [-0.39, 0.29) is 5.91 Å². The number of rotatable bonds is 11. The lowest BCUT2D eigenvalue weighted by Crippen LogP contribution is -2.28. The van der Waals surface area contributed by atoms with Crippen molar-refractivity contribution in [1.82, 2.24) is 5.32 Å². The molecule has 2 saturated carbocycles. The fourth-order valence-electron chi connectivity index (χ4n) is 5.88. The van der Waals surface area contributed by atoms with Gasteiger partial charge in [0.25, 0.3) is 0 Å². The lowest BCUT2D eigenvalue weighted by Gasteiger charge is -2.38. The summed E-state index contributed by atoms with van der Waals surface area (Å²) in [6.07, 6.45) is 17.2. The van der Waals surface area contributed by atoms with Gasteiger partial charge in [-0.25, -0.2) is 0 Å². The lowest BCUT2D eigenvalue weighted by molar-refractivity contribution is -0.117. The number of hydrogen-bond acceptors (Lipinski definition) is 2. The molecule has 3 rings (SSSR count). The predicted molar refractivity (Wildman–Crippen MR) is 134 cm³/mol. The Balaban J connectivity index is 1.34. The van der Waals surface area contributed by atoms with Crippen molar-refractivity contribution in [2.45, 2.75) is 96.8 Å². The van der Waals surface area contributed by atoms with Gasteiger partial charge in [-0.15, -0.1) is 0 Å². The maximum Gasteiger partial charge on any atom is 0.246 e. The number of benzene rings is 1. The van der Waals surface area contributed by atoms with Crippen molar-refractivity contribution in [3.63, 3.8) is 0 Å². The Labute approximate surface area is 196 Å². The average molecular weight is 440 g/mol. The summed E-state index contributed by atoms with van der Waals surface area (Å²) in [4.78, 5) is 11.5. The smallest absolute Gasteiger partial charge is 0.246 e. The van der Waals surface area contributed by atoms with Gasteiger partial charge in [0.15, 0.2) is 0 Å². The van der Waals surface area contributed by atoms with Gasteiger partial charge >= 0.3 is 0 Å². The highest BCUT2D eigenvalue weighted by Gasteiger charge is 2.31. The van der Waals surface area contributed by atoms with Crippen molar-refractivity contribution in [1.29, 1.82) is 0 Å². The minimum absolute atomic E-state index is 0.112. The zero-order chi connectivity index (χ0) is 22.8. The molecule has 0 aromatic heterocycles. The van der Waals surface area contributed by atoms with Crippen LogP contribution in [0, 0.1) is 17.8 Å². The lowest BCUT2D eigenvalue weighted by atomic mass is 9.68. The zero-order valence-corrected chi connectivity index (χ0v) is 20.5. The molecule has 0 heterocycles. The molecule has 1 aromatic carbocycles. The fraction of sp³-hybridized carbons (Fsp3) is 0.690. The van der Waals surface area contributed by atoms with E-state index in [4.69, 9.17) is 4.74 Å². The monoisotopic (exact) mass is 439 g/mol. The Morgan fingerprint density at radius 1 is 0.969 bits per heavy atom. The summed E-state index contributed by atoms with van der Waals surface area (Å²) in [7, 11) is 0. The van der Waals surface area contributed by atoms with E-state index in [1.54, 1.807) is 6.92 Å². The van der Waals surface area contributed by atoms with E-state index >= 15 is 0 Å². The first-order valence-electron chi connectivity index (χ1n) is 13.2. The normalized spacial score (nSPS) is 25.8.